The van der Waals surface area contributed by atoms with Crippen LogP contribution in [0, 0.1) is 12.7 Å². The van der Waals surface area contributed by atoms with Crippen LogP contribution in [0.4, 0.5) is 10.1 Å². The van der Waals surface area contributed by atoms with E-state index < -0.39 is 5.92 Å². The number of amides is 2. The van der Waals surface area contributed by atoms with Gasteiger partial charge in [-0.2, -0.15) is 5.10 Å². The fourth-order valence-corrected chi connectivity index (χ4v) is 3.36. The van der Waals surface area contributed by atoms with Gasteiger partial charge in [0.15, 0.2) is 0 Å². The molecule has 6 nitrogen and oxygen atoms in total. The van der Waals surface area contributed by atoms with Crippen LogP contribution in [0.2, 0.25) is 0 Å². The first kappa shape index (κ1) is 18.6. The Kier molecular flexibility index (Phi) is 4.95. The molecule has 2 amide bonds. The number of anilines is 1. The van der Waals surface area contributed by atoms with Crippen LogP contribution in [0.25, 0.3) is 11.3 Å². The molecule has 0 saturated carbocycles. The predicted octanol–water partition coefficient (Wildman–Crippen LogP) is 3.65. The number of aromatic amines is 1. The Balaban J connectivity index is 1.62. The van der Waals surface area contributed by atoms with Gasteiger partial charge >= 0.3 is 0 Å². The van der Waals surface area contributed by atoms with Gasteiger partial charge in [-0.1, -0.05) is 24.3 Å². The zero-order valence-electron chi connectivity index (χ0n) is 15.7. The lowest BCUT2D eigenvalue weighted by Gasteiger charge is -2.24. The number of nitrogens with one attached hydrogen (secondary N) is 3. The molecule has 0 saturated heterocycles. The number of hydrogen-bond acceptors (Lipinski definition) is 3. The number of rotatable bonds is 4. The molecule has 2 heterocycles. The van der Waals surface area contributed by atoms with Crippen molar-refractivity contribution in [3.05, 3.63) is 83.4 Å². The molecule has 2 aromatic carbocycles. The van der Waals surface area contributed by atoms with E-state index in [0.717, 1.165) is 16.8 Å². The number of nitrogens with zero attached hydrogens (tertiary/aromatic N) is 1. The molecule has 0 aliphatic carbocycles. The number of hydrogen-bond donors (Lipinski definition) is 3. The maximum Gasteiger partial charge on any atom is 0.253 e. The number of carbonyl (C=O) groups excluding carboxylic acids is 2. The molecule has 1 aliphatic heterocycles. The fraction of sp³-hybridized carbons (Fsp3) is 0.136. The van der Waals surface area contributed by atoms with Gasteiger partial charge < -0.3 is 10.6 Å². The standard InChI is InChI=1S/C22H19FN4O2/c1-13-2-3-15(19-8-9-25-27-19)10-20(13)26-22(29)18-12-24-21(28)11-17(18)14-4-6-16(23)7-5-14/h2-10,12,17H,11H2,1H3,(H,24,28)(H,25,27)(H,26,29). The average molecular weight is 390 g/mol. The highest BCUT2D eigenvalue weighted by Gasteiger charge is 2.29. The van der Waals surface area contributed by atoms with Gasteiger partial charge in [0.1, 0.15) is 5.82 Å². The van der Waals surface area contributed by atoms with Gasteiger partial charge in [0.05, 0.1) is 5.69 Å². The fourth-order valence-electron chi connectivity index (χ4n) is 3.36. The quantitative estimate of drug-likeness (QED) is 0.636. The Morgan fingerprint density at radius 2 is 1.97 bits per heavy atom. The van der Waals surface area contributed by atoms with Gasteiger partial charge in [-0.25, -0.2) is 4.39 Å². The maximum atomic E-state index is 13.3. The Morgan fingerprint density at radius 3 is 2.69 bits per heavy atom. The average Bonchev–Trinajstić information content (AvgIpc) is 3.25. The third-order valence-electron chi connectivity index (χ3n) is 4.99. The number of carbonyl (C=O) groups is 2. The first-order valence-corrected chi connectivity index (χ1v) is 9.18. The summed E-state index contributed by atoms with van der Waals surface area (Å²) in [4.78, 5) is 24.9. The number of H-pyrrole nitrogens is 1. The summed E-state index contributed by atoms with van der Waals surface area (Å²) in [6.07, 6.45) is 3.22. The number of aromatic nitrogens is 2. The highest BCUT2D eigenvalue weighted by atomic mass is 19.1. The van der Waals surface area contributed by atoms with Crippen molar-refractivity contribution in [2.75, 3.05) is 5.32 Å². The molecule has 4 rings (SSSR count). The zero-order valence-corrected chi connectivity index (χ0v) is 15.7. The van der Waals surface area contributed by atoms with Gasteiger partial charge in [0.2, 0.25) is 5.91 Å². The molecule has 146 valence electrons. The largest absolute Gasteiger partial charge is 0.332 e. The molecule has 1 aromatic heterocycles. The lowest BCUT2D eigenvalue weighted by atomic mass is 9.86. The van der Waals surface area contributed by atoms with Crippen molar-refractivity contribution in [1.82, 2.24) is 15.5 Å². The van der Waals surface area contributed by atoms with Crippen LogP contribution in [-0.4, -0.2) is 22.0 Å². The highest BCUT2D eigenvalue weighted by molar-refractivity contribution is 6.07. The minimum absolute atomic E-state index is 0.123. The smallest absolute Gasteiger partial charge is 0.253 e. The van der Waals surface area contributed by atoms with Crippen molar-refractivity contribution in [2.45, 2.75) is 19.3 Å². The summed E-state index contributed by atoms with van der Waals surface area (Å²) in [6, 6.07) is 13.4. The minimum Gasteiger partial charge on any atom is -0.332 e. The van der Waals surface area contributed by atoms with E-state index in [2.05, 4.69) is 20.8 Å². The van der Waals surface area contributed by atoms with E-state index in [-0.39, 0.29) is 24.1 Å². The van der Waals surface area contributed by atoms with Crippen LogP contribution in [0.3, 0.4) is 0 Å². The molecule has 3 aromatic rings. The summed E-state index contributed by atoms with van der Waals surface area (Å²) in [5, 5.41) is 12.4. The second kappa shape index (κ2) is 7.71. The van der Waals surface area contributed by atoms with Crippen LogP contribution in [0.15, 0.2) is 66.5 Å². The van der Waals surface area contributed by atoms with Gasteiger partial charge in [0, 0.05) is 41.6 Å². The van der Waals surface area contributed by atoms with Crippen LogP contribution < -0.4 is 10.6 Å². The molecule has 3 N–H and O–H groups in total. The first-order valence-electron chi connectivity index (χ1n) is 9.18. The van der Waals surface area contributed by atoms with Crippen molar-refractivity contribution in [3.63, 3.8) is 0 Å². The van der Waals surface area contributed by atoms with Crippen molar-refractivity contribution in [2.24, 2.45) is 0 Å². The Bertz CT molecular complexity index is 1090. The van der Waals surface area contributed by atoms with Crippen molar-refractivity contribution >= 4 is 17.5 Å². The molecule has 0 fully saturated rings. The molecule has 0 spiro atoms. The number of halogens is 1. The second-order valence-corrected chi connectivity index (χ2v) is 6.93. The predicted molar refractivity (Wildman–Crippen MR) is 107 cm³/mol. The van der Waals surface area contributed by atoms with E-state index in [9.17, 15) is 14.0 Å². The monoisotopic (exact) mass is 390 g/mol. The molecule has 0 bridgehead atoms. The van der Waals surface area contributed by atoms with Crippen molar-refractivity contribution in [1.29, 1.82) is 0 Å². The van der Waals surface area contributed by atoms with E-state index in [4.69, 9.17) is 0 Å². The van der Waals surface area contributed by atoms with E-state index in [1.807, 2.05) is 31.2 Å². The van der Waals surface area contributed by atoms with Crippen LogP contribution in [0.1, 0.15) is 23.5 Å². The van der Waals surface area contributed by atoms with E-state index >= 15 is 0 Å². The molecular formula is C22H19FN4O2. The lowest BCUT2D eigenvalue weighted by Crippen LogP contribution is -2.32. The van der Waals surface area contributed by atoms with E-state index in [1.165, 1.54) is 18.3 Å². The van der Waals surface area contributed by atoms with Crippen LogP contribution >= 0.6 is 0 Å². The highest BCUT2D eigenvalue weighted by Crippen LogP contribution is 2.32. The Hall–Kier alpha value is -3.74. The summed E-state index contributed by atoms with van der Waals surface area (Å²) in [5.74, 6) is -1.31. The van der Waals surface area contributed by atoms with Gasteiger partial charge in [-0.3, -0.25) is 14.7 Å². The second-order valence-electron chi connectivity index (χ2n) is 6.93. The molecule has 1 unspecified atom stereocenters. The summed E-state index contributed by atoms with van der Waals surface area (Å²) in [5.41, 5.74) is 4.43. The van der Waals surface area contributed by atoms with Crippen LogP contribution in [-0.2, 0) is 9.59 Å². The van der Waals surface area contributed by atoms with E-state index in [0.29, 0.717) is 16.8 Å². The summed E-state index contributed by atoms with van der Waals surface area (Å²) < 4.78 is 13.3. The molecule has 1 atom stereocenters. The first-order chi connectivity index (χ1) is 14.0. The summed E-state index contributed by atoms with van der Waals surface area (Å²) in [6.45, 7) is 1.90. The third kappa shape index (κ3) is 3.94. The Labute approximate surface area is 166 Å². The van der Waals surface area contributed by atoms with E-state index in [1.54, 1.807) is 18.3 Å². The maximum absolute atomic E-state index is 13.3. The summed E-state index contributed by atoms with van der Waals surface area (Å²) in [7, 11) is 0. The SMILES string of the molecule is Cc1ccc(-c2ccn[nH]2)cc1NC(=O)C1=CNC(=O)CC1c1ccc(F)cc1. The number of benzene rings is 2. The molecule has 1 aliphatic rings. The molecule has 29 heavy (non-hydrogen) atoms. The topological polar surface area (TPSA) is 86.9 Å². The van der Waals surface area contributed by atoms with Gasteiger partial charge in [0.25, 0.3) is 5.91 Å². The number of aryl methyl sites for hydroxylation is 1. The Morgan fingerprint density at radius 1 is 1.17 bits per heavy atom. The zero-order chi connectivity index (χ0) is 20.4. The summed E-state index contributed by atoms with van der Waals surface area (Å²) >= 11 is 0. The third-order valence-corrected chi connectivity index (χ3v) is 4.99. The molecule has 7 heteroatoms. The molecule has 0 radical (unpaired) electrons. The van der Waals surface area contributed by atoms with Gasteiger partial charge in [-0.05, 0) is 42.3 Å². The van der Waals surface area contributed by atoms with Gasteiger partial charge in [-0.15, -0.1) is 0 Å². The minimum atomic E-state index is -0.444. The molecular weight excluding hydrogens is 371 g/mol. The van der Waals surface area contributed by atoms with Crippen molar-refractivity contribution in [3.8, 4) is 11.3 Å². The lowest BCUT2D eigenvalue weighted by molar-refractivity contribution is -0.121. The van der Waals surface area contributed by atoms with Crippen LogP contribution in [0.5, 0.6) is 0 Å². The van der Waals surface area contributed by atoms with Crippen molar-refractivity contribution < 1.29 is 14.0 Å². The normalized spacial score (nSPS) is 16.1.